The van der Waals surface area contributed by atoms with Crippen LogP contribution >= 0.6 is 22.9 Å². The number of hydrogen-bond donors (Lipinski definition) is 1. The van der Waals surface area contributed by atoms with Gasteiger partial charge in [0.15, 0.2) is 0 Å². The molecule has 1 heterocycles. The van der Waals surface area contributed by atoms with Gasteiger partial charge in [0.2, 0.25) is 0 Å². The van der Waals surface area contributed by atoms with Crippen molar-refractivity contribution in [2.24, 2.45) is 5.73 Å². The monoisotopic (exact) mass is 320 g/mol. The van der Waals surface area contributed by atoms with E-state index < -0.39 is 0 Å². The Balaban J connectivity index is 1.70. The van der Waals surface area contributed by atoms with Crippen LogP contribution in [0.25, 0.3) is 0 Å². The highest BCUT2D eigenvalue weighted by Crippen LogP contribution is 2.40. The molecule has 0 spiro atoms. The molecule has 21 heavy (non-hydrogen) atoms. The van der Waals surface area contributed by atoms with Crippen molar-refractivity contribution in [3.05, 3.63) is 56.7 Å². The molecule has 0 radical (unpaired) electrons. The van der Waals surface area contributed by atoms with Gasteiger partial charge in [-0.1, -0.05) is 35.9 Å². The van der Waals surface area contributed by atoms with Gasteiger partial charge in [0.25, 0.3) is 0 Å². The number of thiophene rings is 1. The van der Waals surface area contributed by atoms with Gasteiger partial charge in [0.05, 0.1) is 4.34 Å². The molecule has 1 aliphatic rings. The summed E-state index contributed by atoms with van der Waals surface area (Å²) >= 11 is 7.64. The third kappa shape index (κ3) is 3.67. The lowest BCUT2D eigenvalue weighted by Gasteiger charge is -2.27. The highest BCUT2D eigenvalue weighted by atomic mass is 35.5. The van der Waals surface area contributed by atoms with E-state index in [9.17, 15) is 0 Å². The Morgan fingerprint density at radius 1 is 1.24 bits per heavy atom. The maximum Gasteiger partial charge on any atom is 0.0931 e. The lowest BCUT2D eigenvalue weighted by atomic mass is 10.0. The van der Waals surface area contributed by atoms with E-state index in [0.29, 0.717) is 6.54 Å². The summed E-state index contributed by atoms with van der Waals surface area (Å²) in [5.41, 5.74) is 8.78. The van der Waals surface area contributed by atoms with Crippen LogP contribution < -0.4 is 5.73 Å². The average Bonchev–Trinajstić information content (AvgIpc) is 3.24. The Hall–Kier alpha value is -0.870. The lowest BCUT2D eigenvalue weighted by molar-refractivity contribution is 0.244. The summed E-state index contributed by atoms with van der Waals surface area (Å²) in [6.07, 6.45) is 2.69. The molecule has 1 saturated carbocycles. The summed E-state index contributed by atoms with van der Waals surface area (Å²) in [6, 6.07) is 13.3. The van der Waals surface area contributed by atoms with Gasteiger partial charge in [0.1, 0.15) is 0 Å². The summed E-state index contributed by atoms with van der Waals surface area (Å²) in [5.74, 6) is 0.807. The van der Waals surface area contributed by atoms with Gasteiger partial charge < -0.3 is 5.73 Å². The molecule has 0 bridgehead atoms. The van der Waals surface area contributed by atoms with Crippen LogP contribution in [0.2, 0.25) is 4.34 Å². The summed E-state index contributed by atoms with van der Waals surface area (Å²) in [5, 5.41) is 0. The number of likely N-dealkylation sites (N-methyl/N-ethyl adjacent to an activating group) is 1. The smallest absolute Gasteiger partial charge is 0.0931 e. The van der Waals surface area contributed by atoms with E-state index in [1.165, 1.54) is 28.8 Å². The van der Waals surface area contributed by atoms with Crippen LogP contribution in [-0.2, 0) is 6.54 Å². The first-order chi connectivity index (χ1) is 10.2. The minimum Gasteiger partial charge on any atom is -0.329 e. The highest BCUT2D eigenvalue weighted by Gasteiger charge is 2.24. The molecule has 1 aromatic heterocycles. The Kier molecular flexibility index (Phi) is 4.65. The third-order valence-corrected chi connectivity index (χ3v) is 5.38. The van der Waals surface area contributed by atoms with E-state index in [0.717, 1.165) is 16.8 Å². The maximum absolute atomic E-state index is 6.01. The number of hydrogen-bond acceptors (Lipinski definition) is 3. The molecule has 4 heteroatoms. The molecule has 1 aliphatic carbocycles. The van der Waals surface area contributed by atoms with Gasteiger partial charge in [-0.3, -0.25) is 4.90 Å². The zero-order chi connectivity index (χ0) is 14.8. The van der Waals surface area contributed by atoms with Crippen molar-refractivity contribution in [1.29, 1.82) is 0 Å². The maximum atomic E-state index is 6.01. The van der Waals surface area contributed by atoms with E-state index in [4.69, 9.17) is 17.3 Å². The zero-order valence-electron chi connectivity index (χ0n) is 12.3. The summed E-state index contributed by atoms with van der Waals surface area (Å²) in [7, 11) is 2.12. The van der Waals surface area contributed by atoms with E-state index in [1.807, 2.05) is 6.07 Å². The van der Waals surface area contributed by atoms with Crippen LogP contribution in [-0.4, -0.2) is 18.5 Å². The number of nitrogens with two attached hydrogens (primary N) is 1. The molecule has 1 fully saturated rings. The first-order valence-electron chi connectivity index (χ1n) is 7.41. The van der Waals surface area contributed by atoms with Gasteiger partial charge >= 0.3 is 0 Å². The number of benzene rings is 1. The Morgan fingerprint density at radius 2 is 1.95 bits per heavy atom. The van der Waals surface area contributed by atoms with Crippen LogP contribution in [0.3, 0.4) is 0 Å². The van der Waals surface area contributed by atoms with Crippen molar-refractivity contribution in [3.8, 4) is 0 Å². The first-order valence-corrected chi connectivity index (χ1v) is 8.61. The standard InChI is InChI=1S/C17H21ClN2S/c1-20(11-15-8-9-17(18)21-15)16(10-19)14-6-4-13(5-7-14)12-2-3-12/h4-9,12,16H,2-3,10-11,19H2,1H3. The molecule has 2 N–H and O–H groups in total. The fourth-order valence-electron chi connectivity index (χ4n) is 2.77. The van der Waals surface area contributed by atoms with Crippen molar-refractivity contribution in [2.45, 2.75) is 31.3 Å². The van der Waals surface area contributed by atoms with Crippen molar-refractivity contribution >= 4 is 22.9 Å². The second kappa shape index (κ2) is 6.49. The van der Waals surface area contributed by atoms with Crippen LogP contribution in [0.4, 0.5) is 0 Å². The fourth-order valence-corrected chi connectivity index (χ4v) is 3.92. The molecule has 2 aromatic rings. The minimum atomic E-state index is 0.249. The van der Waals surface area contributed by atoms with E-state index in [-0.39, 0.29) is 6.04 Å². The quantitative estimate of drug-likeness (QED) is 0.854. The van der Waals surface area contributed by atoms with Crippen LogP contribution in [0.15, 0.2) is 36.4 Å². The van der Waals surface area contributed by atoms with Gasteiger partial charge in [-0.25, -0.2) is 0 Å². The van der Waals surface area contributed by atoms with Crippen molar-refractivity contribution in [1.82, 2.24) is 4.90 Å². The predicted molar refractivity (Wildman–Crippen MR) is 91.0 cm³/mol. The second-order valence-corrected chi connectivity index (χ2v) is 7.61. The summed E-state index contributed by atoms with van der Waals surface area (Å²) in [6.45, 7) is 1.50. The minimum absolute atomic E-state index is 0.249. The molecular weight excluding hydrogens is 300 g/mol. The average molecular weight is 321 g/mol. The topological polar surface area (TPSA) is 29.3 Å². The third-order valence-electron chi connectivity index (χ3n) is 4.16. The Morgan fingerprint density at radius 3 is 2.48 bits per heavy atom. The van der Waals surface area contributed by atoms with E-state index in [2.05, 4.69) is 42.3 Å². The normalized spacial score (nSPS) is 16.4. The summed E-state index contributed by atoms with van der Waals surface area (Å²) < 4.78 is 0.844. The molecule has 0 amide bonds. The molecule has 3 rings (SSSR count). The number of nitrogens with zero attached hydrogens (tertiary/aromatic N) is 1. The van der Waals surface area contributed by atoms with Gasteiger partial charge in [0, 0.05) is 24.0 Å². The molecule has 0 saturated heterocycles. The van der Waals surface area contributed by atoms with Crippen molar-refractivity contribution < 1.29 is 0 Å². The SMILES string of the molecule is CN(Cc1ccc(Cl)s1)C(CN)c1ccc(C2CC2)cc1. The van der Waals surface area contributed by atoms with Crippen LogP contribution in [0, 0.1) is 0 Å². The van der Waals surface area contributed by atoms with Crippen molar-refractivity contribution in [2.75, 3.05) is 13.6 Å². The Bertz CT molecular complexity index is 589. The molecule has 1 aromatic carbocycles. The van der Waals surface area contributed by atoms with E-state index >= 15 is 0 Å². The summed E-state index contributed by atoms with van der Waals surface area (Å²) in [4.78, 5) is 3.57. The first kappa shape index (κ1) is 15.0. The lowest BCUT2D eigenvalue weighted by Crippen LogP contribution is -2.29. The fraction of sp³-hybridized carbons (Fsp3) is 0.412. The van der Waals surface area contributed by atoms with Crippen LogP contribution in [0.5, 0.6) is 0 Å². The molecule has 2 nitrogen and oxygen atoms in total. The Labute approximate surface area is 135 Å². The van der Waals surface area contributed by atoms with Gasteiger partial charge in [-0.05, 0) is 49.1 Å². The van der Waals surface area contributed by atoms with E-state index in [1.54, 1.807) is 11.3 Å². The molecule has 1 unspecified atom stereocenters. The van der Waals surface area contributed by atoms with Crippen LogP contribution in [0.1, 0.15) is 40.8 Å². The molecule has 0 aliphatic heterocycles. The van der Waals surface area contributed by atoms with Crippen molar-refractivity contribution in [3.63, 3.8) is 0 Å². The molecule has 112 valence electrons. The second-order valence-electron chi connectivity index (χ2n) is 5.81. The molecule has 1 atom stereocenters. The zero-order valence-corrected chi connectivity index (χ0v) is 13.8. The largest absolute Gasteiger partial charge is 0.329 e. The number of rotatable bonds is 6. The highest BCUT2D eigenvalue weighted by molar-refractivity contribution is 7.16. The predicted octanol–water partition coefficient (Wildman–Crippen LogP) is 4.41. The van der Waals surface area contributed by atoms with Gasteiger partial charge in [-0.2, -0.15) is 0 Å². The number of halogens is 1. The molecular formula is C17H21ClN2S. The van der Waals surface area contributed by atoms with Gasteiger partial charge in [-0.15, -0.1) is 11.3 Å².